The third-order valence-electron chi connectivity index (χ3n) is 3.36. The number of carbonyl (C=O) groups is 3. The van der Waals surface area contributed by atoms with Crippen LogP contribution in [-0.2, 0) is 26.2 Å². The second-order valence-corrected chi connectivity index (χ2v) is 6.91. The standard InChI is InChI=1S/C15H19ClN4O2S.C2H2O4/c1-20-14(11-3-5-12(16)6-4-11)18-19-15(20)23-10-9-17-8-7-13(21)22-2;3-1(4)2(5)6/h3-6,17H,7-10H2,1-2H3;(H,3,4)(H,5,6). The second kappa shape index (κ2) is 12.8. The maximum absolute atomic E-state index is 11.0. The smallest absolute Gasteiger partial charge is 0.414 e. The highest BCUT2D eigenvalue weighted by atomic mass is 35.5. The average Bonchev–Trinajstić information content (AvgIpc) is 3.05. The molecule has 158 valence electrons. The third kappa shape index (κ3) is 8.94. The molecule has 3 N–H and O–H groups in total. The maximum Gasteiger partial charge on any atom is 0.414 e. The van der Waals surface area contributed by atoms with E-state index in [2.05, 4.69) is 20.3 Å². The molecule has 1 aromatic carbocycles. The Labute approximate surface area is 176 Å². The normalized spacial score (nSPS) is 10.0. The van der Waals surface area contributed by atoms with Gasteiger partial charge in [-0.1, -0.05) is 23.4 Å². The second-order valence-electron chi connectivity index (χ2n) is 5.41. The van der Waals surface area contributed by atoms with Crippen LogP contribution in [0.25, 0.3) is 11.4 Å². The molecule has 10 nitrogen and oxygen atoms in total. The molecule has 0 aliphatic carbocycles. The van der Waals surface area contributed by atoms with Crippen LogP contribution in [0.1, 0.15) is 6.42 Å². The molecule has 0 bridgehead atoms. The minimum atomic E-state index is -1.82. The number of methoxy groups -OCH3 is 1. The van der Waals surface area contributed by atoms with E-state index in [0.717, 1.165) is 28.8 Å². The number of aromatic nitrogens is 3. The average molecular weight is 445 g/mol. The van der Waals surface area contributed by atoms with Crippen LogP contribution in [0.4, 0.5) is 0 Å². The van der Waals surface area contributed by atoms with E-state index in [1.165, 1.54) is 7.11 Å². The number of carboxylic acids is 2. The van der Waals surface area contributed by atoms with E-state index in [-0.39, 0.29) is 5.97 Å². The van der Waals surface area contributed by atoms with Crippen LogP contribution in [0.2, 0.25) is 5.02 Å². The first kappa shape index (κ1) is 24.4. The minimum absolute atomic E-state index is 0.203. The number of carbonyl (C=O) groups excluding carboxylic acids is 1. The number of esters is 1. The number of halogens is 1. The molecule has 0 radical (unpaired) electrons. The first-order valence-corrected chi connectivity index (χ1v) is 9.64. The number of thioether (sulfide) groups is 1. The molecule has 1 aromatic heterocycles. The van der Waals surface area contributed by atoms with Gasteiger partial charge in [0.1, 0.15) is 0 Å². The lowest BCUT2D eigenvalue weighted by Gasteiger charge is -2.05. The fourth-order valence-corrected chi connectivity index (χ4v) is 2.86. The minimum Gasteiger partial charge on any atom is -0.473 e. The molecule has 0 spiro atoms. The number of ether oxygens (including phenoxy) is 1. The molecule has 2 aromatic rings. The fraction of sp³-hybridized carbons (Fsp3) is 0.353. The summed E-state index contributed by atoms with van der Waals surface area (Å²) in [6.45, 7) is 1.40. The molecular weight excluding hydrogens is 424 g/mol. The van der Waals surface area contributed by atoms with Crippen LogP contribution in [-0.4, -0.2) is 68.8 Å². The van der Waals surface area contributed by atoms with Crippen molar-refractivity contribution in [2.24, 2.45) is 7.05 Å². The van der Waals surface area contributed by atoms with Crippen molar-refractivity contribution in [3.63, 3.8) is 0 Å². The van der Waals surface area contributed by atoms with Crippen molar-refractivity contribution in [2.75, 3.05) is 26.0 Å². The number of hydrogen-bond acceptors (Lipinski definition) is 8. The largest absolute Gasteiger partial charge is 0.473 e. The number of hydrogen-bond donors (Lipinski definition) is 3. The summed E-state index contributed by atoms with van der Waals surface area (Å²) in [5.41, 5.74) is 0.979. The number of rotatable bonds is 8. The summed E-state index contributed by atoms with van der Waals surface area (Å²) in [4.78, 5) is 29.2. The molecule has 29 heavy (non-hydrogen) atoms. The SMILES string of the molecule is COC(=O)CCNCCSc1nnc(-c2ccc(Cl)cc2)n1C.O=C(O)C(=O)O. The van der Waals surface area contributed by atoms with Gasteiger partial charge in [-0.25, -0.2) is 9.59 Å². The summed E-state index contributed by atoms with van der Waals surface area (Å²) in [6.07, 6.45) is 0.381. The van der Waals surface area contributed by atoms with Crippen LogP contribution in [0, 0.1) is 0 Å². The zero-order valence-electron chi connectivity index (χ0n) is 15.8. The van der Waals surface area contributed by atoms with Crippen LogP contribution >= 0.6 is 23.4 Å². The Balaban J connectivity index is 0.000000612. The molecule has 0 saturated heterocycles. The van der Waals surface area contributed by atoms with Gasteiger partial charge in [0.2, 0.25) is 0 Å². The van der Waals surface area contributed by atoms with Crippen molar-refractivity contribution >= 4 is 41.3 Å². The topological polar surface area (TPSA) is 144 Å². The van der Waals surface area contributed by atoms with Gasteiger partial charge in [0.15, 0.2) is 11.0 Å². The molecule has 0 saturated carbocycles. The van der Waals surface area contributed by atoms with Crippen molar-refractivity contribution in [1.29, 1.82) is 0 Å². The van der Waals surface area contributed by atoms with Gasteiger partial charge in [0.05, 0.1) is 13.5 Å². The van der Waals surface area contributed by atoms with E-state index >= 15 is 0 Å². The maximum atomic E-state index is 11.0. The number of nitrogens with zero attached hydrogens (tertiary/aromatic N) is 3. The van der Waals surface area contributed by atoms with Gasteiger partial charge in [-0.05, 0) is 24.3 Å². The molecule has 0 atom stereocenters. The number of benzene rings is 1. The highest BCUT2D eigenvalue weighted by Gasteiger charge is 2.11. The number of carboxylic acid groups (broad SMARTS) is 2. The zero-order chi connectivity index (χ0) is 21.8. The molecular formula is C17H21ClN4O6S. The first-order chi connectivity index (χ1) is 13.8. The Morgan fingerprint density at radius 3 is 2.31 bits per heavy atom. The van der Waals surface area contributed by atoms with E-state index in [9.17, 15) is 4.79 Å². The van der Waals surface area contributed by atoms with E-state index in [1.807, 2.05) is 35.9 Å². The van der Waals surface area contributed by atoms with Crippen LogP contribution in [0.15, 0.2) is 29.4 Å². The molecule has 0 amide bonds. The van der Waals surface area contributed by atoms with Crippen LogP contribution in [0.3, 0.4) is 0 Å². The summed E-state index contributed by atoms with van der Waals surface area (Å²) >= 11 is 7.52. The van der Waals surface area contributed by atoms with E-state index in [1.54, 1.807) is 11.8 Å². The fourth-order valence-electron chi connectivity index (χ4n) is 1.92. The van der Waals surface area contributed by atoms with E-state index in [4.69, 9.17) is 31.4 Å². The third-order valence-corrected chi connectivity index (χ3v) is 4.64. The first-order valence-electron chi connectivity index (χ1n) is 8.28. The summed E-state index contributed by atoms with van der Waals surface area (Å²) < 4.78 is 6.54. The molecule has 0 unspecified atom stereocenters. The summed E-state index contributed by atoms with van der Waals surface area (Å²) in [6, 6.07) is 7.53. The molecule has 1 heterocycles. The Kier molecular flexibility index (Phi) is 10.7. The van der Waals surface area contributed by atoms with Gasteiger partial charge in [-0.15, -0.1) is 10.2 Å². The predicted octanol–water partition coefficient (Wildman–Crippen LogP) is 1.54. The molecule has 0 aliphatic rings. The van der Waals surface area contributed by atoms with Gasteiger partial charge >= 0.3 is 17.9 Å². The Morgan fingerprint density at radius 1 is 1.14 bits per heavy atom. The van der Waals surface area contributed by atoms with Gasteiger partial charge in [0.25, 0.3) is 0 Å². The Hall–Kier alpha value is -2.63. The van der Waals surface area contributed by atoms with Crippen molar-refractivity contribution < 1.29 is 29.3 Å². The van der Waals surface area contributed by atoms with E-state index < -0.39 is 11.9 Å². The van der Waals surface area contributed by atoms with Gasteiger partial charge in [-0.3, -0.25) is 4.79 Å². The van der Waals surface area contributed by atoms with Gasteiger partial charge in [-0.2, -0.15) is 0 Å². The van der Waals surface area contributed by atoms with Crippen molar-refractivity contribution in [3.05, 3.63) is 29.3 Å². The highest BCUT2D eigenvalue weighted by molar-refractivity contribution is 7.99. The summed E-state index contributed by atoms with van der Waals surface area (Å²) in [5.74, 6) is -2.20. The molecule has 12 heteroatoms. The summed E-state index contributed by atoms with van der Waals surface area (Å²) in [5, 5.41) is 28.0. The van der Waals surface area contributed by atoms with Gasteiger partial charge in [0, 0.05) is 36.5 Å². The van der Waals surface area contributed by atoms with E-state index in [0.29, 0.717) is 18.0 Å². The quantitative estimate of drug-likeness (QED) is 0.237. The molecule has 0 fully saturated rings. The summed E-state index contributed by atoms with van der Waals surface area (Å²) in [7, 11) is 3.33. The zero-order valence-corrected chi connectivity index (χ0v) is 17.4. The van der Waals surface area contributed by atoms with Crippen molar-refractivity contribution in [2.45, 2.75) is 11.6 Å². The highest BCUT2D eigenvalue weighted by Crippen LogP contribution is 2.23. The monoisotopic (exact) mass is 444 g/mol. The molecule has 0 aliphatic heterocycles. The predicted molar refractivity (Wildman–Crippen MR) is 107 cm³/mol. The van der Waals surface area contributed by atoms with Crippen molar-refractivity contribution in [1.82, 2.24) is 20.1 Å². The molecule has 2 rings (SSSR count). The van der Waals surface area contributed by atoms with Gasteiger partial charge < -0.3 is 24.8 Å². The lowest BCUT2D eigenvalue weighted by Crippen LogP contribution is -2.21. The van der Waals surface area contributed by atoms with Crippen molar-refractivity contribution in [3.8, 4) is 11.4 Å². The number of nitrogens with one attached hydrogen (secondary N) is 1. The lowest BCUT2D eigenvalue weighted by atomic mass is 10.2. The van der Waals surface area contributed by atoms with Crippen LogP contribution < -0.4 is 5.32 Å². The lowest BCUT2D eigenvalue weighted by molar-refractivity contribution is -0.159. The Bertz CT molecular complexity index is 816. The number of aliphatic carboxylic acids is 2. The van der Waals surface area contributed by atoms with Crippen LogP contribution in [0.5, 0.6) is 0 Å². The Morgan fingerprint density at radius 2 is 1.76 bits per heavy atom.